The van der Waals surface area contributed by atoms with Crippen LogP contribution >= 0.6 is 0 Å². The van der Waals surface area contributed by atoms with Crippen molar-refractivity contribution in [2.45, 2.75) is 44.3 Å². The van der Waals surface area contributed by atoms with Crippen molar-refractivity contribution >= 4 is 0 Å². The number of hydrogen-bond donors (Lipinski definition) is 2. The highest BCUT2D eigenvalue weighted by molar-refractivity contribution is 5.36. The first kappa shape index (κ1) is 14.3. The van der Waals surface area contributed by atoms with Gasteiger partial charge in [-0.25, -0.2) is 4.39 Å². The number of aliphatic hydroxyl groups is 2. The molecule has 0 aromatic heterocycles. The number of methoxy groups -OCH3 is 1. The second-order valence-corrected chi connectivity index (χ2v) is 5.22. The third-order valence-corrected chi connectivity index (χ3v) is 3.97. The van der Waals surface area contributed by atoms with E-state index in [-0.39, 0.29) is 5.92 Å². The first-order chi connectivity index (χ1) is 9.13. The Morgan fingerprint density at radius 2 is 1.89 bits per heavy atom. The molecule has 0 saturated heterocycles. The van der Waals surface area contributed by atoms with Gasteiger partial charge < -0.3 is 14.9 Å². The van der Waals surface area contributed by atoms with Gasteiger partial charge in [0.15, 0.2) is 0 Å². The van der Waals surface area contributed by atoms with Crippen molar-refractivity contribution in [2.24, 2.45) is 5.92 Å². The Labute approximate surface area is 113 Å². The lowest BCUT2D eigenvalue weighted by molar-refractivity contribution is -0.0296. The van der Waals surface area contributed by atoms with E-state index >= 15 is 0 Å². The van der Waals surface area contributed by atoms with Crippen molar-refractivity contribution in [3.05, 3.63) is 29.6 Å². The number of rotatable bonds is 4. The molecule has 106 valence electrons. The number of benzene rings is 1. The summed E-state index contributed by atoms with van der Waals surface area (Å²) in [4.78, 5) is 0. The van der Waals surface area contributed by atoms with Crippen molar-refractivity contribution in [1.82, 2.24) is 0 Å². The fourth-order valence-corrected chi connectivity index (χ4v) is 2.85. The fraction of sp³-hybridized carbons (Fsp3) is 0.600. The molecule has 1 saturated carbocycles. The normalized spacial score (nSPS) is 20.0. The van der Waals surface area contributed by atoms with E-state index < -0.39 is 18.0 Å². The maximum Gasteiger partial charge on any atom is 0.124 e. The molecule has 0 amide bonds. The van der Waals surface area contributed by atoms with Crippen molar-refractivity contribution in [2.75, 3.05) is 7.11 Å². The molecule has 19 heavy (non-hydrogen) atoms. The maximum absolute atomic E-state index is 13.3. The van der Waals surface area contributed by atoms with Crippen LogP contribution in [0.15, 0.2) is 18.2 Å². The summed E-state index contributed by atoms with van der Waals surface area (Å²) in [7, 11) is 1.47. The van der Waals surface area contributed by atoms with Gasteiger partial charge in [-0.15, -0.1) is 0 Å². The molecule has 4 heteroatoms. The van der Waals surface area contributed by atoms with Crippen molar-refractivity contribution in [3.8, 4) is 5.75 Å². The fourth-order valence-electron chi connectivity index (χ4n) is 2.85. The molecule has 1 aliphatic rings. The standard InChI is InChI=1S/C15H21FO3/c1-19-13-8-7-11(16)9-12(13)15(18)14(17)10-5-3-2-4-6-10/h7-10,14-15,17-18H,2-6H2,1H3. The molecule has 0 radical (unpaired) electrons. The van der Waals surface area contributed by atoms with Gasteiger partial charge in [0.2, 0.25) is 0 Å². The predicted octanol–water partition coefficient (Wildman–Crippen LogP) is 2.81. The summed E-state index contributed by atoms with van der Waals surface area (Å²) in [6.07, 6.45) is 3.20. The molecular formula is C15H21FO3. The van der Waals surface area contributed by atoms with Gasteiger partial charge in [0.05, 0.1) is 13.2 Å². The SMILES string of the molecule is COc1ccc(F)cc1C(O)C(O)C1CCCCC1. The zero-order chi connectivity index (χ0) is 13.8. The lowest BCUT2D eigenvalue weighted by Crippen LogP contribution is -2.29. The average Bonchev–Trinajstić information content (AvgIpc) is 2.46. The number of ether oxygens (including phenoxy) is 1. The van der Waals surface area contributed by atoms with Crippen molar-refractivity contribution in [3.63, 3.8) is 0 Å². The number of aliphatic hydroxyl groups excluding tert-OH is 2. The third-order valence-electron chi connectivity index (χ3n) is 3.97. The van der Waals surface area contributed by atoms with Crippen LogP contribution in [-0.2, 0) is 0 Å². The van der Waals surface area contributed by atoms with Crippen molar-refractivity contribution < 1.29 is 19.3 Å². The number of hydrogen-bond acceptors (Lipinski definition) is 3. The molecule has 2 N–H and O–H groups in total. The molecule has 1 aromatic carbocycles. The van der Waals surface area contributed by atoms with Gasteiger partial charge in [-0.3, -0.25) is 0 Å². The van der Waals surface area contributed by atoms with Crippen LogP contribution in [0.5, 0.6) is 5.75 Å². The van der Waals surface area contributed by atoms with Crippen LogP contribution in [0.1, 0.15) is 43.8 Å². The van der Waals surface area contributed by atoms with Crippen LogP contribution in [0.25, 0.3) is 0 Å². The largest absolute Gasteiger partial charge is 0.496 e. The Morgan fingerprint density at radius 1 is 1.21 bits per heavy atom. The van der Waals surface area contributed by atoms with E-state index in [9.17, 15) is 14.6 Å². The molecule has 2 unspecified atom stereocenters. The van der Waals surface area contributed by atoms with Crippen LogP contribution in [0.2, 0.25) is 0 Å². The van der Waals surface area contributed by atoms with Crippen molar-refractivity contribution in [1.29, 1.82) is 0 Å². The quantitative estimate of drug-likeness (QED) is 0.882. The molecule has 0 heterocycles. The Morgan fingerprint density at radius 3 is 2.53 bits per heavy atom. The van der Waals surface area contributed by atoms with Gasteiger partial charge in [0.1, 0.15) is 17.7 Å². The second-order valence-electron chi connectivity index (χ2n) is 5.22. The van der Waals surface area contributed by atoms with E-state index in [1.54, 1.807) is 0 Å². The summed E-state index contributed by atoms with van der Waals surface area (Å²) in [5.41, 5.74) is 0.320. The predicted molar refractivity (Wildman–Crippen MR) is 70.5 cm³/mol. The highest BCUT2D eigenvalue weighted by Crippen LogP contribution is 2.35. The van der Waals surface area contributed by atoms with E-state index in [2.05, 4.69) is 0 Å². The monoisotopic (exact) mass is 268 g/mol. The molecule has 3 nitrogen and oxygen atoms in total. The molecule has 2 rings (SSSR count). The van der Waals surface area contributed by atoms with Crippen LogP contribution in [0.4, 0.5) is 4.39 Å². The summed E-state index contributed by atoms with van der Waals surface area (Å²) in [5, 5.41) is 20.6. The Hall–Kier alpha value is -1.13. The van der Waals surface area contributed by atoms with E-state index in [0.29, 0.717) is 11.3 Å². The van der Waals surface area contributed by atoms with Crippen LogP contribution in [0.3, 0.4) is 0 Å². The van der Waals surface area contributed by atoms with Gasteiger partial charge in [-0.2, -0.15) is 0 Å². The summed E-state index contributed by atoms with van der Waals surface area (Å²) >= 11 is 0. The second kappa shape index (κ2) is 6.35. The summed E-state index contributed by atoms with van der Waals surface area (Å²) in [6.45, 7) is 0. The molecule has 1 aliphatic carbocycles. The summed E-state index contributed by atoms with van der Waals surface area (Å²) in [5.74, 6) is 0.0474. The van der Waals surface area contributed by atoms with E-state index in [1.807, 2.05) is 0 Å². The Bertz CT molecular complexity index is 416. The minimum absolute atomic E-state index is 0.0803. The van der Waals surface area contributed by atoms with Gasteiger partial charge in [0, 0.05) is 5.56 Å². The number of halogens is 1. The average molecular weight is 268 g/mol. The van der Waals surface area contributed by atoms with Gasteiger partial charge >= 0.3 is 0 Å². The van der Waals surface area contributed by atoms with Crippen LogP contribution in [0, 0.1) is 11.7 Å². The zero-order valence-electron chi connectivity index (χ0n) is 11.2. The van der Waals surface area contributed by atoms with E-state index in [0.717, 1.165) is 25.7 Å². The minimum atomic E-state index is -1.10. The molecular weight excluding hydrogens is 247 g/mol. The topological polar surface area (TPSA) is 49.7 Å². The Balaban J connectivity index is 2.17. The maximum atomic E-state index is 13.3. The minimum Gasteiger partial charge on any atom is -0.496 e. The lowest BCUT2D eigenvalue weighted by atomic mass is 9.82. The molecule has 2 atom stereocenters. The first-order valence-electron chi connectivity index (χ1n) is 6.83. The first-order valence-corrected chi connectivity index (χ1v) is 6.83. The summed E-state index contributed by atoms with van der Waals surface area (Å²) in [6, 6.07) is 3.99. The van der Waals surface area contributed by atoms with E-state index in [1.165, 1.54) is 31.7 Å². The Kier molecular flexibility index (Phi) is 4.77. The van der Waals surface area contributed by atoms with E-state index in [4.69, 9.17) is 4.74 Å². The molecule has 1 fully saturated rings. The highest BCUT2D eigenvalue weighted by atomic mass is 19.1. The van der Waals surface area contributed by atoms with Crippen LogP contribution in [-0.4, -0.2) is 23.4 Å². The third kappa shape index (κ3) is 3.25. The molecule has 0 aliphatic heterocycles. The zero-order valence-corrected chi connectivity index (χ0v) is 11.2. The molecule has 1 aromatic rings. The van der Waals surface area contributed by atoms with Crippen LogP contribution < -0.4 is 4.74 Å². The smallest absolute Gasteiger partial charge is 0.124 e. The molecule has 0 spiro atoms. The lowest BCUT2D eigenvalue weighted by Gasteiger charge is -2.30. The highest BCUT2D eigenvalue weighted by Gasteiger charge is 2.30. The van der Waals surface area contributed by atoms with Gasteiger partial charge in [-0.1, -0.05) is 19.3 Å². The molecule has 0 bridgehead atoms. The van der Waals surface area contributed by atoms with Gasteiger partial charge in [-0.05, 0) is 37.0 Å². The summed E-state index contributed by atoms with van der Waals surface area (Å²) < 4.78 is 18.4. The van der Waals surface area contributed by atoms with Gasteiger partial charge in [0.25, 0.3) is 0 Å².